The molecule has 37 heavy (non-hydrogen) atoms. The topological polar surface area (TPSA) is 63.9 Å². The van der Waals surface area contributed by atoms with E-state index in [0.29, 0.717) is 24.9 Å². The van der Waals surface area contributed by atoms with Gasteiger partial charge >= 0.3 is 0 Å². The van der Waals surface area contributed by atoms with Crippen LogP contribution in [0.5, 0.6) is 0 Å². The first-order chi connectivity index (χ1) is 18.1. The van der Waals surface area contributed by atoms with Crippen molar-refractivity contribution in [2.24, 2.45) is 5.92 Å². The van der Waals surface area contributed by atoms with Crippen LogP contribution in [0.3, 0.4) is 0 Å². The molecule has 0 bridgehead atoms. The van der Waals surface area contributed by atoms with Gasteiger partial charge in [0.15, 0.2) is 0 Å². The first-order valence-electron chi connectivity index (χ1n) is 12.4. The number of fused-ring (bicyclic) bond motifs is 2. The molecular weight excluding hydrogens is 465 g/mol. The van der Waals surface area contributed by atoms with Gasteiger partial charge in [0, 0.05) is 42.2 Å². The number of carbonyl (C=O) groups is 1. The van der Waals surface area contributed by atoms with E-state index in [1.165, 1.54) is 23.3 Å². The van der Waals surface area contributed by atoms with Crippen molar-refractivity contribution < 1.29 is 9.18 Å². The number of hydrogen-bond donors (Lipinski definition) is 0. The minimum atomic E-state index is -0.272. The SMILES string of the molecule is Cc1cc2c(cnn2-c2ccc(F)cc2)cc1[C@]12CN(C(=O)c3ncccn3)C[C@H]1[C@@H]2c1ccccc1. The zero-order valence-corrected chi connectivity index (χ0v) is 20.3. The molecule has 1 aliphatic heterocycles. The normalized spacial score (nSPS) is 22.3. The molecule has 1 saturated carbocycles. The summed E-state index contributed by atoms with van der Waals surface area (Å²) >= 11 is 0. The van der Waals surface area contributed by atoms with Crippen molar-refractivity contribution in [2.75, 3.05) is 13.1 Å². The summed E-state index contributed by atoms with van der Waals surface area (Å²) in [7, 11) is 0. The summed E-state index contributed by atoms with van der Waals surface area (Å²) in [6.07, 6.45) is 5.08. The highest BCUT2D eigenvalue weighted by atomic mass is 19.1. The molecule has 1 aliphatic carbocycles. The number of nitrogens with zero attached hydrogens (tertiary/aromatic N) is 5. The van der Waals surface area contributed by atoms with Crippen LogP contribution >= 0.6 is 0 Å². The quantitative estimate of drug-likeness (QED) is 0.354. The zero-order chi connectivity index (χ0) is 25.1. The average molecular weight is 490 g/mol. The number of rotatable bonds is 4. The van der Waals surface area contributed by atoms with Crippen LogP contribution in [0.25, 0.3) is 16.6 Å². The van der Waals surface area contributed by atoms with E-state index in [2.05, 4.69) is 58.4 Å². The summed E-state index contributed by atoms with van der Waals surface area (Å²) in [6, 6.07) is 23.1. The molecule has 182 valence electrons. The van der Waals surface area contributed by atoms with Crippen LogP contribution in [0.2, 0.25) is 0 Å². The van der Waals surface area contributed by atoms with Crippen LogP contribution in [-0.4, -0.2) is 43.6 Å². The Kier molecular flexibility index (Phi) is 4.76. The molecule has 2 aromatic heterocycles. The van der Waals surface area contributed by atoms with E-state index in [4.69, 9.17) is 0 Å². The van der Waals surface area contributed by atoms with E-state index in [9.17, 15) is 9.18 Å². The Morgan fingerprint density at radius 2 is 1.76 bits per heavy atom. The first kappa shape index (κ1) is 21.9. The van der Waals surface area contributed by atoms with Crippen molar-refractivity contribution in [3.8, 4) is 5.69 Å². The van der Waals surface area contributed by atoms with Gasteiger partial charge in [-0.15, -0.1) is 0 Å². The van der Waals surface area contributed by atoms with Gasteiger partial charge in [0.25, 0.3) is 5.91 Å². The molecule has 2 aliphatic rings. The van der Waals surface area contributed by atoms with E-state index in [0.717, 1.165) is 22.2 Å². The summed E-state index contributed by atoms with van der Waals surface area (Å²) in [6.45, 7) is 3.42. The lowest BCUT2D eigenvalue weighted by atomic mass is 9.86. The third kappa shape index (κ3) is 3.30. The molecule has 0 radical (unpaired) electrons. The summed E-state index contributed by atoms with van der Waals surface area (Å²) < 4.78 is 15.3. The number of halogens is 1. The molecule has 3 heterocycles. The van der Waals surface area contributed by atoms with Gasteiger partial charge in [-0.2, -0.15) is 5.10 Å². The van der Waals surface area contributed by atoms with Crippen molar-refractivity contribution in [3.63, 3.8) is 0 Å². The lowest BCUT2D eigenvalue weighted by Gasteiger charge is -2.25. The Hall–Kier alpha value is -4.39. The van der Waals surface area contributed by atoms with Crippen molar-refractivity contribution >= 4 is 16.8 Å². The van der Waals surface area contributed by atoms with Crippen molar-refractivity contribution in [1.82, 2.24) is 24.6 Å². The second-order valence-corrected chi connectivity index (χ2v) is 10.1. The van der Waals surface area contributed by atoms with Crippen LogP contribution < -0.4 is 0 Å². The minimum absolute atomic E-state index is 0.123. The number of benzene rings is 3. The molecule has 7 heteroatoms. The highest BCUT2D eigenvalue weighted by Gasteiger charge is 2.71. The molecular formula is C30H24FN5O. The van der Waals surface area contributed by atoms with Crippen LogP contribution in [0.4, 0.5) is 4.39 Å². The van der Waals surface area contributed by atoms with Crippen molar-refractivity contribution in [1.29, 1.82) is 0 Å². The smallest absolute Gasteiger partial charge is 0.291 e. The summed E-state index contributed by atoms with van der Waals surface area (Å²) in [5.74, 6) is 0.485. The maximum Gasteiger partial charge on any atom is 0.291 e. The number of piperidine rings is 1. The lowest BCUT2D eigenvalue weighted by molar-refractivity contribution is 0.0756. The Bertz CT molecular complexity index is 1630. The highest BCUT2D eigenvalue weighted by Crippen LogP contribution is 2.69. The van der Waals surface area contributed by atoms with Gasteiger partial charge in [-0.25, -0.2) is 19.0 Å². The Morgan fingerprint density at radius 3 is 2.51 bits per heavy atom. The third-order valence-electron chi connectivity index (χ3n) is 8.07. The van der Waals surface area contributed by atoms with Crippen LogP contribution in [0.1, 0.15) is 33.2 Å². The number of aromatic nitrogens is 4. The molecule has 2 fully saturated rings. The van der Waals surface area contributed by atoms with Crippen LogP contribution in [0.15, 0.2) is 91.4 Å². The fourth-order valence-corrected chi connectivity index (χ4v) is 6.44. The second-order valence-electron chi connectivity index (χ2n) is 10.1. The molecule has 7 rings (SSSR count). The Labute approximate surface area is 213 Å². The number of carbonyl (C=O) groups excluding carboxylic acids is 1. The van der Waals surface area contributed by atoms with Crippen molar-refractivity contribution in [2.45, 2.75) is 18.3 Å². The summed E-state index contributed by atoms with van der Waals surface area (Å²) in [5.41, 5.74) is 5.32. The molecule has 0 spiro atoms. The van der Waals surface area contributed by atoms with Gasteiger partial charge < -0.3 is 4.90 Å². The molecule has 6 nitrogen and oxygen atoms in total. The summed E-state index contributed by atoms with van der Waals surface area (Å²) in [5, 5.41) is 5.63. The fraction of sp³-hybridized carbons (Fsp3) is 0.200. The van der Waals surface area contributed by atoms with E-state index < -0.39 is 0 Å². The average Bonchev–Trinajstić information content (AvgIpc) is 3.19. The molecule has 3 aromatic carbocycles. The molecule has 1 amide bonds. The number of hydrogen-bond acceptors (Lipinski definition) is 4. The van der Waals surface area contributed by atoms with E-state index in [-0.39, 0.29) is 23.0 Å². The monoisotopic (exact) mass is 489 g/mol. The van der Waals surface area contributed by atoms with Gasteiger partial charge in [-0.3, -0.25) is 4.79 Å². The van der Waals surface area contributed by atoms with Gasteiger partial charge in [0.05, 0.1) is 17.4 Å². The largest absolute Gasteiger partial charge is 0.335 e. The van der Waals surface area contributed by atoms with E-state index in [1.807, 2.05) is 21.8 Å². The van der Waals surface area contributed by atoms with Gasteiger partial charge in [-0.05, 0) is 72.0 Å². The molecule has 3 atom stereocenters. The molecule has 0 unspecified atom stereocenters. The maximum absolute atomic E-state index is 13.5. The lowest BCUT2D eigenvalue weighted by Crippen LogP contribution is -2.35. The Balaban J connectivity index is 1.31. The number of likely N-dealkylation sites (tertiary alicyclic amines) is 1. The highest BCUT2D eigenvalue weighted by molar-refractivity contribution is 5.91. The van der Waals surface area contributed by atoms with E-state index in [1.54, 1.807) is 30.6 Å². The van der Waals surface area contributed by atoms with Crippen LogP contribution in [0, 0.1) is 18.7 Å². The fourth-order valence-electron chi connectivity index (χ4n) is 6.44. The number of aryl methyl sites for hydroxylation is 1. The number of amides is 1. The van der Waals surface area contributed by atoms with Gasteiger partial charge in [0.2, 0.25) is 5.82 Å². The van der Waals surface area contributed by atoms with E-state index >= 15 is 0 Å². The summed E-state index contributed by atoms with van der Waals surface area (Å²) in [4.78, 5) is 23.6. The molecule has 5 aromatic rings. The molecule has 0 N–H and O–H groups in total. The van der Waals surface area contributed by atoms with Gasteiger partial charge in [0.1, 0.15) is 5.82 Å². The molecule has 1 saturated heterocycles. The second kappa shape index (κ2) is 8.06. The zero-order valence-electron chi connectivity index (χ0n) is 20.3. The Morgan fingerprint density at radius 1 is 1.00 bits per heavy atom. The minimum Gasteiger partial charge on any atom is -0.335 e. The predicted octanol–water partition coefficient (Wildman–Crippen LogP) is 5.07. The van der Waals surface area contributed by atoms with Crippen molar-refractivity contribution in [3.05, 3.63) is 120 Å². The first-order valence-corrected chi connectivity index (χ1v) is 12.4. The third-order valence-corrected chi connectivity index (χ3v) is 8.07. The van der Waals surface area contributed by atoms with Gasteiger partial charge in [-0.1, -0.05) is 30.3 Å². The maximum atomic E-state index is 13.5. The standard InChI is InChI=1S/C30H24FN5O/c1-19-14-26-21(16-34-36(26)23-10-8-22(31)9-11-23)15-24(19)30-18-35(29(37)28-32-12-5-13-33-28)17-25(30)27(30)20-6-3-2-4-7-20/h2-16,25,27H,17-18H2,1H3/t25-,27-,30+/m0/s1. The predicted molar refractivity (Wildman–Crippen MR) is 138 cm³/mol. The van der Waals surface area contributed by atoms with Crippen LogP contribution in [-0.2, 0) is 5.41 Å².